The van der Waals surface area contributed by atoms with Crippen molar-refractivity contribution in [3.63, 3.8) is 0 Å². The lowest BCUT2D eigenvalue weighted by atomic mass is 10.2. The summed E-state index contributed by atoms with van der Waals surface area (Å²) >= 11 is 0. The van der Waals surface area contributed by atoms with Crippen molar-refractivity contribution >= 4 is 5.91 Å². The van der Waals surface area contributed by atoms with E-state index < -0.39 is 25.0 Å². The maximum absolute atomic E-state index is 12.6. The van der Waals surface area contributed by atoms with Crippen molar-refractivity contribution < 1.29 is 23.4 Å². The molecule has 0 aromatic carbocycles. The Kier molecular flexibility index (Phi) is 5.04. The van der Waals surface area contributed by atoms with Crippen LogP contribution in [0.4, 0.5) is 8.78 Å². The Morgan fingerprint density at radius 2 is 2.38 bits per heavy atom. The molecule has 1 aliphatic heterocycles. The number of carbonyl (C=O) groups excluding carboxylic acids is 1. The van der Waals surface area contributed by atoms with Crippen LogP contribution >= 0.6 is 0 Å². The maximum Gasteiger partial charge on any atom is 0.287 e. The standard InChI is InChI=1S/C9H16F2N2O3/c10-9(11,6-14)5-13-8(15)3-7-4-16-2-1-12-7/h7,12,14H,1-6H2,(H,13,15). The zero-order valence-corrected chi connectivity index (χ0v) is 8.84. The van der Waals surface area contributed by atoms with E-state index in [0.29, 0.717) is 19.8 Å². The molecule has 16 heavy (non-hydrogen) atoms. The highest BCUT2D eigenvalue weighted by molar-refractivity contribution is 5.76. The summed E-state index contributed by atoms with van der Waals surface area (Å²) in [6, 6.07) is -0.128. The van der Waals surface area contributed by atoms with E-state index in [2.05, 4.69) is 10.6 Å². The van der Waals surface area contributed by atoms with Crippen LogP contribution in [0.5, 0.6) is 0 Å². The lowest BCUT2D eigenvalue weighted by molar-refractivity contribution is -0.125. The van der Waals surface area contributed by atoms with Crippen molar-refractivity contribution in [1.82, 2.24) is 10.6 Å². The van der Waals surface area contributed by atoms with E-state index in [1.165, 1.54) is 0 Å². The number of ether oxygens (including phenoxy) is 1. The Morgan fingerprint density at radius 1 is 1.62 bits per heavy atom. The fourth-order valence-electron chi connectivity index (χ4n) is 1.33. The first kappa shape index (κ1) is 13.3. The van der Waals surface area contributed by atoms with Crippen molar-refractivity contribution in [2.45, 2.75) is 18.4 Å². The van der Waals surface area contributed by atoms with E-state index >= 15 is 0 Å². The number of hydrogen-bond donors (Lipinski definition) is 3. The Bertz CT molecular complexity index is 233. The van der Waals surface area contributed by atoms with E-state index in [4.69, 9.17) is 9.84 Å². The van der Waals surface area contributed by atoms with Gasteiger partial charge in [-0.05, 0) is 0 Å². The Morgan fingerprint density at radius 3 is 2.94 bits per heavy atom. The summed E-state index contributed by atoms with van der Waals surface area (Å²) in [4.78, 5) is 11.3. The van der Waals surface area contributed by atoms with Crippen LogP contribution in [0.2, 0.25) is 0 Å². The first-order valence-corrected chi connectivity index (χ1v) is 5.10. The van der Waals surface area contributed by atoms with E-state index in [9.17, 15) is 13.6 Å². The largest absolute Gasteiger partial charge is 0.390 e. The molecule has 0 spiro atoms. The van der Waals surface area contributed by atoms with Gasteiger partial charge in [-0.1, -0.05) is 0 Å². The van der Waals surface area contributed by atoms with E-state index in [0.717, 1.165) is 0 Å². The van der Waals surface area contributed by atoms with Crippen LogP contribution in [-0.2, 0) is 9.53 Å². The number of rotatable bonds is 5. The second-order valence-corrected chi connectivity index (χ2v) is 3.72. The third kappa shape index (κ3) is 4.82. The molecule has 5 nitrogen and oxygen atoms in total. The monoisotopic (exact) mass is 238 g/mol. The fourth-order valence-corrected chi connectivity index (χ4v) is 1.33. The minimum absolute atomic E-state index is 0.0987. The predicted octanol–water partition coefficient (Wildman–Crippen LogP) is -0.891. The molecule has 0 radical (unpaired) electrons. The van der Waals surface area contributed by atoms with E-state index in [-0.39, 0.29) is 12.5 Å². The van der Waals surface area contributed by atoms with Gasteiger partial charge >= 0.3 is 0 Å². The van der Waals surface area contributed by atoms with Gasteiger partial charge in [-0.3, -0.25) is 4.79 Å². The minimum Gasteiger partial charge on any atom is -0.390 e. The zero-order chi connectivity index (χ0) is 12.0. The topological polar surface area (TPSA) is 70.6 Å². The minimum atomic E-state index is -3.26. The van der Waals surface area contributed by atoms with Crippen LogP contribution in [0.25, 0.3) is 0 Å². The van der Waals surface area contributed by atoms with Gasteiger partial charge in [0.25, 0.3) is 5.92 Å². The molecule has 0 aromatic heterocycles. The average molecular weight is 238 g/mol. The highest BCUT2D eigenvalue weighted by atomic mass is 19.3. The first-order valence-electron chi connectivity index (χ1n) is 5.10. The van der Waals surface area contributed by atoms with Gasteiger partial charge in [0.15, 0.2) is 0 Å². The number of nitrogens with one attached hydrogen (secondary N) is 2. The number of hydrogen-bond acceptors (Lipinski definition) is 4. The molecular weight excluding hydrogens is 222 g/mol. The SMILES string of the molecule is O=C(CC1COCCN1)NCC(F)(F)CO. The van der Waals surface area contributed by atoms with E-state index in [1.807, 2.05) is 0 Å². The van der Waals surface area contributed by atoms with Gasteiger partial charge in [0, 0.05) is 19.0 Å². The number of alkyl halides is 2. The fraction of sp³-hybridized carbons (Fsp3) is 0.889. The molecule has 0 aliphatic carbocycles. The number of aliphatic hydroxyl groups excluding tert-OH is 1. The van der Waals surface area contributed by atoms with Crippen LogP contribution in [0.1, 0.15) is 6.42 Å². The van der Waals surface area contributed by atoms with Crippen molar-refractivity contribution in [2.24, 2.45) is 0 Å². The maximum atomic E-state index is 12.6. The molecule has 1 atom stereocenters. The highest BCUT2D eigenvalue weighted by Crippen LogP contribution is 2.09. The summed E-state index contributed by atoms with van der Waals surface area (Å²) in [5, 5.41) is 13.4. The molecule has 1 amide bonds. The summed E-state index contributed by atoms with van der Waals surface area (Å²) in [6.45, 7) is -0.441. The summed E-state index contributed by atoms with van der Waals surface area (Å²) in [7, 11) is 0. The molecule has 0 bridgehead atoms. The third-order valence-corrected chi connectivity index (χ3v) is 2.21. The summed E-state index contributed by atoms with van der Waals surface area (Å²) in [5.74, 6) is -3.73. The molecule has 1 fully saturated rings. The number of aliphatic hydroxyl groups is 1. The molecule has 1 saturated heterocycles. The van der Waals surface area contributed by atoms with Gasteiger partial charge in [-0.15, -0.1) is 0 Å². The Labute approximate surface area is 92.2 Å². The summed E-state index contributed by atoms with van der Waals surface area (Å²) in [6.07, 6.45) is 0.0987. The predicted molar refractivity (Wildman–Crippen MR) is 52.3 cm³/mol. The van der Waals surface area contributed by atoms with Crippen LogP contribution in [-0.4, -0.2) is 55.9 Å². The normalized spacial score (nSPS) is 21.8. The number of amides is 1. The first-order chi connectivity index (χ1) is 7.53. The van der Waals surface area contributed by atoms with E-state index in [1.54, 1.807) is 0 Å². The number of morpholine rings is 1. The second-order valence-electron chi connectivity index (χ2n) is 3.72. The molecule has 7 heteroatoms. The molecule has 94 valence electrons. The van der Waals surface area contributed by atoms with Crippen molar-refractivity contribution in [3.05, 3.63) is 0 Å². The molecule has 0 aromatic rings. The Balaban J connectivity index is 2.19. The molecule has 0 saturated carbocycles. The van der Waals surface area contributed by atoms with Gasteiger partial charge in [0.1, 0.15) is 6.61 Å². The van der Waals surface area contributed by atoms with Crippen LogP contribution < -0.4 is 10.6 Å². The van der Waals surface area contributed by atoms with Crippen LogP contribution in [0.3, 0.4) is 0 Å². The average Bonchev–Trinajstić information content (AvgIpc) is 2.28. The Hall–Kier alpha value is -0.790. The van der Waals surface area contributed by atoms with Crippen LogP contribution in [0, 0.1) is 0 Å². The molecule has 1 heterocycles. The van der Waals surface area contributed by atoms with Crippen molar-refractivity contribution in [3.8, 4) is 0 Å². The van der Waals surface area contributed by atoms with Crippen molar-refractivity contribution in [1.29, 1.82) is 0 Å². The van der Waals surface area contributed by atoms with Gasteiger partial charge < -0.3 is 20.5 Å². The number of carbonyl (C=O) groups is 1. The third-order valence-electron chi connectivity index (χ3n) is 2.21. The highest BCUT2D eigenvalue weighted by Gasteiger charge is 2.28. The lowest BCUT2D eigenvalue weighted by Gasteiger charge is -2.23. The molecule has 1 rings (SSSR count). The lowest BCUT2D eigenvalue weighted by Crippen LogP contribution is -2.46. The number of halogens is 2. The molecule has 1 aliphatic rings. The quantitative estimate of drug-likeness (QED) is 0.581. The zero-order valence-electron chi connectivity index (χ0n) is 8.84. The summed E-state index contributed by atoms with van der Waals surface area (Å²) < 4.78 is 30.3. The van der Waals surface area contributed by atoms with Gasteiger partial charge in [0.05, 0.1) is 19.8 Å². The van der Waals surface area contributed by atoms with Gasteiger partial charge in [0.2, 0.25) is 5.91 Å². The van der Waals surface area contributed by atoms with Crippen LogP contribution in [0.15, 0.2) is 0 Å². The van der Waals surface area contributed by atoms with Gasteiger partial charge in [-0.25, -0.2) is 8.78 Å². The molecule has 1 unspecified atom stereocenters. The molecule has 3 N–H and O–H groups in total. The smallest absolute Gasteiger partial charge is 0.287 e. The van der Waals surface area contributed by atoms with Gasteiger partial charge in [-0.2, -0.15) is 0 Å². The summed E-state index contributed by atoms with van der Waals surface area (Å²) in [5.41, 5.74) is 0. The van der Waals surface area contributed by atoms with Crippen molar-refractivity contribution in [2.75, 3.05) is 32.9 Å². The molecular formula is C9H16F2N2O3. The second kappa shape index (κ2) is 6.07.